The zero-order chi connectivity index (χ0) is 14.8. The first-order valence-electron chi connectivity index (χ1n) is 7.03. The highest BCUT2D eigenvalue weighted by atomic mass is 15.1. The van der Waals surface area contributed by atoms with Crippen LogP contribution in [0.1, 0.15) is 31.9 Å². The molecule has 2 heteroatoms. The Balaban J connectivity index is 2.13. The molecule has 20 heavy (non-hydrogen) atoms. The van der Waals surface area contributed by atoms with Gasteiger partial charge in [0.2, 0.25) is 0 Å². The van der Waals surface area contributed by atoms with Crippen LogP contribution in [-0.2, 0) is 12.0 Å². The molecule has 0 fully saturated rings. The molecule has 106 valence electrons. The summed E-state index contributed by atoms with van der Waals surface area (Å²) in [6, 6.07) is 16.8. The molecule has 0 bridgehead atoms. The van der Waals surface area contributed by atoms with Crippen LogP contribution in [0.2, 0.25) is 0 Å². The molecule has 0 aliphatic rings. The Kier molecular flexibility index (Phi) is 4.03. The molecule has 0 aliphatic carbocycles. The van der Waals surface area contributed by atoms with Crippen LogP contribution in [0, 0.1) is 0 Å². The van der Waals surface area contributed by atoms with Gasteiger partial charge in [-0.3, -0.25) is 0 Å². The quantitative estimate of drug-likeness (QED) is 0.845. The summed E-state index contributed by atoms with van der Waals surface area (Å²) >= 11 is 0. The number of rotatable bonds is 3. The summed E-state index contributed by atoms with van der Waals surface area (Å²) in [5, 5.41) is 0. The fourth-order valence-electron chi connectivity index (χ4n) is 2.30. The fraction of sp³-hybridized carbons (Fsp3) is 0.333. The van der Waals surface area contributed by atoms with Crippen molar-refractivity contribution in [3.8, 4) is 0 Å². The molecule has 0 saturated carbocycles. The third-order valence-corrected chi connectivity index (χ3v) is 3.59. The lowest BCUT2D eigenvalue weighted by Crippen LogP contribution is -2.18. The average molecular weight is 268 g/mol. The number of para-hydroxylation sites is 2. The molecule has 0 spiro atoms. The predicted octanol–water partition coefficient (Wildman–Crippen LogP) is 4.20. The Morgan fingerprint density at radius 1 is 0.950 bits per heavy atom. The van der Waals surface area contributed by atoms with E-state index in [1.807, 2.05) is 18.2 Å². The molecule has 2 aromatic rings. The van der Waals surface area contributed by atoms with Crippen molar-refractivity contribution in [2.75, 3.05) is 17.7 Å². The van der Waals surface area contributed by atoms with E-state index in [-0.39, 0.29) is 5.41 Å². The van der Waals surface area contributed by atoms with Gasteiger partial charge in [-0.1, -0.05) is 57.2 Å². The molecule has 0 radical (unpaired) electrons. The molecular weight excluding hydrogens is 244 g/mol. The second-order valence-electron chi connectivity index (χ2n) is 6.36. The maximum atomic E-state index is 6.01. The minimum absolute atomic E-state index is 0.203. The minimum atomic E-state index is 0.203. The third kappa shape index (κ3) is 3.32. The largest absolute Gasteiger partial charge is 0.397 e. The zero-order valence-corrected chi connectivity index (χ0v) is 12.9. The van der Waals surface area contributed by atoms with Gasteiger partial charge in [-0.15, -0.1) is 0 Å². The number of hydrogen-bond acceptors (Lipinski definition) is 2. The van der Waals surface area contributed by atoms with Gasteiger partial charge in [0.05, 0.1) is 11.4 Å². The summed E-state index contributed by atoms with van der Waals surface area (Å²) in [7, 11) is 2.07. The van der Waals surface area contributed by atoms with E-state index in [2.05, 4.69) is 63.1 Å². The fourth-order valence-corrected chi connectivity index (χ4v) is 2.30. The summed E-state index contributed by atoms with van der Waals surface area (Å²) in [5.74, 6) is 0. The van der Waals surface area contributed by atoms with E-state index in [1.165, 1.54) is 11.1 Å². The van der Waals surface area contributed by atoms with E-state index in [0.717, 1.165) is 17.9 Å². The first kappa shape index (κ1) is 14.4. The molecule has 2 N–H and O–H groups in total. The van der Waals surface area contributed by atoms with Crippen molar-refractivity contribution < 1.29 is 0 Å². The summed E-state index contributed by atoms with van der Waals surface area (Å²) < 4.78 is 0. The van der Waals surface area contributed by atoms with Crippen LogP contribution in [0.3, 0.4) is 0 Å². The van der Waals surface area contributed by atoms with Crippen molar-refractivity contribution in [1.29, 1.82) is 0 Å². The van der Waals surface area contributed by atoms with Crippen molar-refractivity contribution in [1.82, 2.24) is 0 Å². The lowest BCUT2D eigenvalue weighted by molar-refractivity contribution is 0.590. The molecule has 0 saturated heterocycles. The number of benzene rings is 2. The molecule has 2 aromatic carbocycles. The second kappa shape index (κ2) is 5.58. The SMILES string of the molecule is CN(Cc1ccc(C(C)(C)C)cc1)c1ccccc1N. The van der Waals surface area contributed by atoms with Crippen molar-refractivity contribution in [2.24, 2.45) is 0 Å². The van der Waals surface area contributed by atoms with Gasteiger partial charge in [0, 0.05) is 13.6 Å². The number of nitrogens with zero attached hydrogens (tertiary/aromatic N) is 1. The van der Waals surface area contributed by atoms with Crippen LogP contribution in [0.4, 0.5) is 11.4 Å². The Morgan fingerprint density at radius 2 is 1.55 bits per heavy atom. The predicted molar refractivity (Wildman–Crippen MR) is 88.1 cm³/mol. The Hall–Kier alpha value is -1.96. The van der Waals surface area contributed by atoms with Crippen LogP contribution in [0.5, 0.6) is 0 Å². The van der Waals surface area contributed by atoms with Crippen molar-refractivity contribution in [3.05, 3.63) is 59.7 Å². The summed E-state index contributed by atoms with van der Waals surface area (Å²) in [4.78, 5) is 2.18. The summed E-state index contributed by atoms with van der Waals surface area (Å²) in [6.07, 6.45) is 0. The summed E-state index contributed by atoms with van der Waals surface area (Å²) in [6.45, 7) is 7.56. The highest BCUT2D eigenvalue weighted by Crippen LogP contribution is 2.25. The Labute approximate surface area is 122 Å². The topological polar surface area (TPSA) is 29.3 Å². The molecule has 0 aliphatic heterocycles. The molecule has 0 aromatic heterocycles. The molecule has 2 nitrogen and oxygen atoms in total. The molecular formula is C18H24N2. The molecule has 2 rings (SSSR count). The van der Waals surface area contributed by atoms with E-state index in [4.69, 9.17) is 5.73 Å². The average Bonchev–Trinajstić information content (AvgIpc) is 2.38. The van der Waals surface area contributed by atoms with Crippen LogP contribution in [0.15, 0.2) is 48.5 Å². The number of nitrogens with two attached hydrogens (primary N) is 1. The van der Waals surface area contributed by atoms with Crippen LogP contribution < -0.4 is 10.6 Å². The standard InChI is InChI=1S/C18H24N2/c1-18(2,3)15-11-9-14(10-12-15)13-20(4)17-8-6-5-7-16(17)19/h5-12H,13,19H2,1-4H3. The van der Waals surface area contributed by atoms with Crippen LogP contribution in [-0.4, -0.2) is 7.05 Å². The highest BCUT2D eigenvalue weighted by Gasteiger charge is 2.13. The van der Waals surface area contributed by atoms with Gasteiger partial charge in [-0.05, 0) is 28.7 Å². The third-order valence-electron chi connectivity index (χ3n) is 3.59. The maximum Gasteiger partial charge on any atom is 0.0600 e. The van der Waals surface area contributed by atoms with Gasteiger partial charge in [0.15, 0.2) is 0 Å². The zero-order valence-electron chi connectivity index (χ0n) is 12.9. The van der Waals surface area contributed by atoms with Gasteiger partial charge in [0.1, 0.15) is 0 Å². The van der Waals surface area contributed by atoms with Gasteiger partial charge in [-0.25, -0.2) is 0 Å². The van der Waals surface area contributed by atoms with E-state index < -0.39 is 0 Å². The van der Waals surface area contributed by atoms with Crippen molar-refractivity contribution in [2.45, 2.75) is 32.7 Å². The number of anilines is 2. The maximum absolute atomic E-state index is 6.01. The minimum Gasteiger partial charge on any atom is -0.397 e. The van der Waals surface area contributed by atoms with Crippen molar-refractivity contribution >= 4 is 11.4 Å². The Bertz CT molecular complexity index is 565. The number of hydrogen-bond donors (Lipinski definition) is 1. The Morgan fingerprint density at radius 3 is 2.10 bits per heavy atom. The smallest absolute Gasteiger partial charge is 0.0600 e. The molecule has 0 unspecified atom stereocenters. The molecule has 0 heterocycles. The second-order valence-corrected chi connectivity index (χ2v) is 6.36. The van der Waals surface area contributed by atoms with Gasteiger partial charge < -0.3 is 10.6 Å². The first-order valence-corrected chi connectivity index (χ1v) is 7.03. The number of nitrogen functional groups attached to an aromatic ring is 1. The van der Waals surface area contributed by atoms with Gasteiger partial charge in [-0.2, -0.15) is 0 Å². The van der Waals surface area contributed by atoms with Crippen LogP contribution in [0.25, 0.3) is 0 Å². The molecule has 0 amide bonds. The van der Waals surface area contributed by atoms with E-state index in [1.54, 1.807) is 0 Å². The lowest BCUT2D eigenvalue weighted by atomic mass is 9.87. The molecule has 0 atom stereocenters. The van der Waals surface area contributed by atoms with E-state index >= 15 is 0 Å². The van der Waals surface area contributed by atoms with Gasteiger partial charge in [0.25, 0.3) is 0 Å². The monoisotopic (exact) mass is 268 g/mol. The lowest BCUT2D eigenvalue weighted by Gasteiger charge is -2.22. The van der Waals surface area contributed by atoms with E-state index in [0.29, 0.717) is 0 Å². The first-order chi connectivity index (χ1) is 9.38. The van der Waals surface area contributed by atoms with E-state index in [9.17, 15) is 0 Å². The van der Waals surface area contributed by atoms with Gasteiger partial charge >= 0.3 is 0 Å². The highest BCUT2D eigenvalue weighted by molar-refractivity contribution is 5.66. The summed E-state index contributed by atoms with van der Waals surface area (Å²) in [5.41, 5.74) is 10.8. The normalized spacial score (nSPS) is 11.4. The van der Waals surface area contributed by atoms with Crippen molar-refractivity contribution in [3.63, 3.8) is 0 Å². The van der Waals surface area contributed by atoms with Crippen LogP contribution >= 0.6 is 0 Å².